The van der Waals surface area contributed by atoms with Gasteiger partial charge in [0.2, 0.25) is 5.78 Å². The van der Waals surface area contributed by atoms with Crippen LogP contribution in [0.25, 0.3) is 10.9 Å². The topological polar surface area (TPSA) is 90.5 Å². The molecule has 0 bridgehead atoms. The molecule has 3 aromatic rings. The van der Waals surface area contributed by atoms with Crippen molar-refractivity contribution in [2.24, 2.45) is 0 Å². The molecule has 2 aromatic carbocycles. The van der Waals surface area contributed by atoms with Crippen LogP contribution in [0.1, 0.15) is 27.1 Å². The number of para-hydroxylation sites is 1. The van der Waals surface area contributed by atoms with E-state index in [1.807, 2.05) is 28.8 Å². The molecule has 0 N–H and O–H groups in total. The number of carbonyl (C=O) groups is 2. The zero-order valence-electron chi connectivity index (χ0n) is 16.2. The van der Waals surface area contributed by atoms with Gasteiger partial charge >= 0.3 is 5.97 Å². The Hall–Kier alpha value is -3.79. The van der Waals surface area contributed by atoms with Crippen molar-refractivity contribution in [2.75, 3.05) is 20.8 Å². The molecular weight excluding hydrogens is 372 g/mol. The van der Waals surface area contributed by atoms with E-state index in [2.05, 4.69) is 6.07 Å². The summed E-state index contributed by atoms with van der Waals surface area (Å²) < 4.78 is 17.4. The average molecular weight is 392 g/mol. The van der Waals surface area contributed by atoms with Gasteiger partial charge in [-0.3, -0.25) is 4.79 Å². The second-order valence-electron chi connectivity index (χ2n) is 6.23. The maximum Gasteiger partial charge on any atom is 0.338 e. The van der Waals surface area contributed by atoms with Crippen molar-refractivity contribution in [1.82, 2.24) is 4.57 Å². The quantitative estimate of drug-likeness (QED) is 0.430. The van der Waals surface area contributed by atoms with Gasteiger partial charge in [0.05, 0.1) is 32.3 Å². The van der Waals surface area contributed by atoms with Crippen molar-refractivity contribution in [3.8, 4) is 17.6 Å². The molecule has 0 fully saturated rings. The number of Topliss-reactive ketones (excluding diaryl/α,β-unsaturated/α-hetero) is 1. The maximum absolute atomic E-state index is 12.7. The van der Waals surface area contributed by atoms with E-state index in [0.29, 0.717) is 30.0 Å². The normalized spacial score (nSPS) is 10.4. The molecule has 148 valence electrons. The minimum absolute atomic E-state index is 0.256. The van der Waals surface area contributed by atoms with Crippen LogP contribution in [0.3, 0.4) is 0 Å². The second-order valence-corrected chi connectivity index (χ2v) is 6.23. The molecule has 0 unspecified atom stereocenters. The van der Waals surface area contributed by atoms with Crippen LogP contribution < -0.4 is 9.47 Å². The number of nitriles is 1. The average Bonchev–Trinajstić information content (AvgIpc) is 3.14. The number of hydrogen-bond donors (Lipinski definition) is 0. The van der Waals surface area contributed by atoms with Crippen LogP contribution in [0, 0.1) is 11.3 Å². The Kier molecular flexibility index (Phi) is 6.15. The molecule has 3 rings (SSSR count). The summed E-state index contributed by atoms with van der Waals surface area (Å²) in [7, 11) is 2.97. The highest BCUT2D eigenvalue weighted by molar-refractivity contribution is 6.09. The number of fused-ring (bicyclic) bond motifs is 1. The van der Waals surface area contributed by atoms with E-state index >= 15 is 0 Å². The molecule has 1 heterocycles. The summed E-state index contributed by atoms with van der Waals surface area (Å²) in [5.41, 5.74) is 1.57. The van der Waals surface area contributed by atoms with E-state index in [0.717, 1.165) is 10.9 Å². The van der Waals surface area contributed by atoms with Crippen LogP contribution in [-0.2, 0) is 11.3 Å². The molecule has 0 spiro atoms. The lowest BCUT2D eigenvalue weighted by Crippen LogP contribution is -2.14. The molecule has 7 heteroatoms. The summed E-state index contributed by atoms with van der Waals surface area (Å²) in [5.74, 6) is -0.0580. The lowest BCUT2D eigenvalue weighted by atomic mass is 10.1. The molecule has 0 saturated carbocycles. The standard InChI is InChI=1S/C22H20N2O5/c1-27-20-9-8-15(12-21(20)28-2)22(26)29-14-19(25)17-13-24(11-5-10-23)18-7-4-3-6-16(17)18/h3-4,6-9,12-13H,5,11,14H2,1-2H3. The van der Waals surface area contributed by atoms with E-state index in [9.17, 15) is 9.59 Å². The number of esters is 1. The highest BCUT2D eigenvalue weighted by atomic mass is 16.5. The van der Waals surface area contributed by atoms with E-state index in [1.54, 1.807) is 18.3 Å². The predicted octanol–water partition coefficient (Wildman–Crippen LogP) is 3.61. The summed E-state index contributed by atoms with van der Waals surface area (Å²) in [6.07, 6.45) is 2.04. The highest BCUT2D eigenvalue weighted by Crippen LogP contribution is 2.28. The largest absolute Gasteiger partial charge is 0.493 e. The fourth-order valence-corrected chi connectivity index (χ4v) is 3.08. The Balaban J connectivity index is 1.76. The van der Waals surface area contributed by atoms with Gasteiger partial charge in [0.15, 0.2) is 18.1 Å². The van der Waals surface area contributed by atoms with Crippen molar-refractivity contribution in [3.05, 3.63) is 59.8 Å². The Bertz CT molecular complexity index is 1090. The first-order chi connectivity index (χ1) is 14.1. The van der Waals surface area contributed by atoms with Gasteiger partial charge in [0, 0.05) is 29.2 Å². The third-order valence-corrected chi connectivity index (χ3v) is 4.51. The van der Waals surface area contributed by atoms with Gasteiger partial charge in [0.1, 0.15) is 0 Å². The fourth-order valence-electron chi connectivity index (χ4n) is 3.08. The third kappa shape index (κ3) is 4.22. The minimum atomic E-state index is -0.632. The number of ketones is 1. The van der Waals surface area contributed by atoms with Gasteiger partial charge in [-0.05, 0) is 24.3 Å². The summed E-state index contributed by atoms with van der Waals surface area (Å²) >= 11 is 0. The molecule has 0 saturated heterocycles. The first-order valence-electron chi connectivity index (χ1n) is 8.96. The molecule has 29 heavy (non-hydrogen) atoms. The summed E-state index contributed by atoms with van der Waals surface area (Å²) in [4.78, 5) is 25.1. The lowest BCUT2D eigenvalue weighted by molar-refractivity contribution is 0.0474. The fraction of sp³-hybridized carbons (Fsp3) is 0.227. The number of aryl methyl sites for hydroxylation is 1. The van der Waals surface area contributed by atoms with E-state index < -0.39 is 5.97 Å². The highest BCUT2D eigenvalue weighted by Gasteiger charge is 2.18. The number of aromatic nitrogens is 1. The summed E-state index contributed by atoms with van der Waals surface area (Å²) in [6.45, 7) is 0.0924. The molecule has 7 nitrogen and oxygen atoms in total. The first-order valence-corrected chi connectivity index (χ1v) is 8.96. The van der Waals surface area contributed by atoms with Crippen LogP contribution >= 0.6 is 0 Å². The minimum Gasteiger partial charge on any atom is -0.493 e. The van der Waals surface area contributed by atoms with Crippen LogP contribution in [-0.4, -0.2) is 37.1 Å². The number of methoxy groups -OCH3 is 2. The number of nitrogens with zero attached hydrogens (tertiary/aromatic N) is 2. The first kappa shape index (κ1) is 20.0. The molecule has 0 amide bonds. The van der Waals surface area contributed by atoms with Gasteiger partial charge < -0.3 is 18.8 Å². The monoisotopic (exact) mass is 392 g/mol. The molecule has 0 radical (unpaired) electrons. The van der Waals surface area contributed by atoms with Crippen molar-refractivity contribution in [3.63, 3.8) is 0 Å². The number of ether oxygens (including phenoxy) is 3. The van der Waals surface area contributed by atoms with Crippen LogP contribution in [0.4, 0.5) is 0 Å². The zero-order valence-corrected chi connectivity index (χ0v) is 16.2. The number of rotatable bonds is 8. The number of carbonyl (C=O) groups excluding carboxylic acids is 2. The van der Waals surface area contributed by atoms with Crippen LogP contribution in [0.5, 0.6) is 11.5 Å². The molecule has 0 atom stereocenters. The number of hydrogen-bond acceptors (Lipinski definition) is 6. The molecule has 0 aliphatic heterocycles. The number of benzene rings is 2. The smallest absolute Gasteiger partial charge is 0.338 e. The van der Waals surface area contributed by atoms with Gasteiger partial charge in [-0.25, -0.2) is 4.79 Å². The van der Waals surface area contributed by atoms with E-state index in [-0.39, 0.29) is 18.0 Å². The molecule has 1 aromatic heterocycles. The van der Waals surface area contributed by atoms with Crippen LogP contribution in [0.15, 0.2) is 48.7 Å². The van der Waals surface area contributed by atoms with E-state index in [4.69, 9.17) is 19.5 Å². The van der Waals surface area contributed by atoms with E-state index in [1.165, 1.54) is 20.3 Å². The van der Waals surface area contributed by atoms with Gasteiger partial charge in [-0.2, -0.15) is 5.26 Å². The molecule has 0 aliphatic rings. The Morgan fingerprint density at radius 3 is 2.55 bits per heavy atom. The molecular formula is C22H20N2O5. The Labute approximate surface area is 168 Å². The SMILES string of the molecule is COc1ccc(C(=O)OCC(=O)c2cn(CCC#N)c3ccccc23)cc1OC. The third-order valence-electron chi connectivity index (χ3n) is 4.51. The van der Waals surface area contributed by atoms with Gasteiger partial charge in [-0.15, -0.1) is 0 Å². The van der Waals surface area contributed by atoms with Gasteiger partial charge in [0.25, 0.3) is 0 Å². The summed E-state index contributed by atoms with van der Waals surface area (Å²) in [5, 5.41) is 9.60. The Morgan fingerprint density at radius 1 is 1.07 bits per heavy atom. The van der Waals surface area contributed by atoms with Gasteiger partial charge in [-0.1, -0.05) is 18.2 Å². The Morgan fingerprint density at radius 2 is 1.83 bits per heavy atom. The molecule has 0 aliphatic carbocycles. The lowest BCUT2D eigenvalue weighted by Gasteiger charge is -2.09. The van der Waals surface area contributed by atoms with Crippen molar-refractivity contribution >= 4 is 22.7 Å². The summed E-state index contributed by atoms with van der Waals surface area (Å²) in [6, 6.07) is 14.2. The van der Waals surface area contributed by atoms with Crippen molar-refractivity contribution in [1.29, 1.82) is 5.26 Å². The zero-order chi connectivity index (χ0) is 20.8. The van der Waals surface area contributed by atoms with Crippen molar-refractivity contribution in [2.45, 2.75) is 13.0 Å². The maximum atomic E-state index is 12.7. The van der Waals surface area contributed by atoms with Crippen molar-refractivity contribution < 1.29 is 23.8 Å². The predicted molar refractivity (Wildman–Crippen MR) is 106 cm³/mol. The van der Waals surface area contributed by atoms with Crippen LogP contribution in [0.2, 0.25) is 0 Å². The second kappa shape index (κ2) is 8.93.